The number of aromatic nitrogens is 2. The van der Waals surface area contributed by atoms with Crippen molar-refractivity contribution in [3.63, 3.8) is 0 Å². The predicted octanol–water partition coefficient (Wildman–Crippen LogP) is 4.04. The van der Waals surface area contributed by atoms with E-state index in [-0.39, 0.29) is 24.1 Å². The maximum Gasteiger partial charge on any atom is 0.573 e. The first-order valence-electron chi connectivity index (χ1n) is 10.3. The van der Waals surface area contributed by atoms with Gasteiger partial charge in [0.15, 0.2) is 5.54 Å². The second-order valence-corrected chi connectivity index (χ2v) is 8.26. The van der Waals surface area contributed by atoms with Gasteiger partial charge < -0.3 is 14.8 Å². The molecule has 1 aliphatic carbocycles. The van der Waals surface area contributed by atoms with E-state index >= 15 is 0 Å². The molecule has 3 rings (SSSR count). The van der Waals surface area contributed by atoms with E-state index in [1.54, 1.807) is 0 Å². The van der Waals surface area contributed by atoms with Crippen LogP contribution < -0.4 is 15.0 Å². The van der Waals surface area contributed by atoms with Crippen molar-refractivity contribution in [2.24, 2.45) is 0 Å². The van der Waals surface area contributed by atoms with Crippen molar-refractivity contribution in [3.05, 3.63) is 48.5 Å². The zero-order valence-corrected chi connectivity index (χ0v) is 19.1. The lowest BCUT2D eigenvalue weighted by atomic mass is 9.85. The lowest BCUT2D eigenvalue weighted by Crippen LogP contribution is -2.61. The van der Waals surface area contributed by atoms with Gasteiger partial charge in [0, 0.05) is 29.7 Å². The van der Waals surface area contributed by atoms with Crippen LogP contribution in [-0.2, 0) is 19.9 Å². The number of rotatable bonds is 9. The predicted molar refractivity (Wildman–Crippen MR) is 113 cm³/mol. The van der Waals surface area contributed by atoms with Crippen LogP contribution in [0.4, 0.5) is 32.0 Å². The number of amides is 2. The molecule has 1 fully saturated rings. The highest BCUT2D eigenvalue weighted by atomic mass is 35.5. The number of hydrogen-bond acceptors (Lipinski definition) is 6. The fourth-order valence-corrected chi connectivity index (χ4v) is 3.78. The lowest BCUT2D eigenvalue weighted by molar-refractivity contribution is -0.274. The fourth-order valence-electron chi connectivity index (χ4n) is 3.68. The number of hydrogen-bond donors (Lipinski definition) is 1. The van der Waals surface area contributed by atoms with Gasteiger partial charge in [-0.3, -0.25) is 14.5 Å². The van der Waals surface area contributed by atoms with Gasteiger partial charge in [0.2, 0.25) is 0 Å². The van der Waals surface area contributed by atoms with E-state index < -0.39 is 53.9 Å². The molecule has 1 aromatic carbocycles. The average Bonchev–Trinajstić information content (AvgIpc) is 2.77. The number of anilines is 1. The highest BCUT2D eigenvalue weighted by Gasteiger charge is 2.48. The Morgan fingerprint density at radius 1 is 1.11 bits per heavy atom. The molecule has 0 aliphatic heterocycles. The van der Waals surface area contributed by atoms with Gasteiger partial charge in [-0.05, 0) is 44.0 Å². The molecule has 1 aliphatic rings. The highest BCUT2D eigenvalue weighted by Crippen LogP contribution is 2.37. The van der Waals surface area contributed by atoms with Gasteiger partial charge in [0.25, 0.3) is 17.4 Å². The van der Waals surface area contributed by atoms with Crippen molar-refractivity contribution >= 4 is 29.1 Å². The number of nitrogens with zero attached hydrogens (tertiary/aromatic N) is 3. The first-order chi connectivity index (χ1) is 16.8. The van der Waals surface area contributed by atoms with E-state index in [1.165, 1.54) is 19.3 Å². The Hall–Kier alpha value is -3.13. The van der Waals surface area contributed by atoms with Gasteiger partial charge in [-0.2, -0.15) is 8.78 Å². The van der Waals surface area contributed by atoms with Crippen LogP contribution in [0.1, 0.15) is 25.3 Å². The van der Waals surface area contributed by atoms with E-state index in [2.05, 4.69) is 24.8 Å². The second-order valence-electron chi connectivity index (χ2n) is 7.88. The molecule has 1 N–H and O–H groups in total. The molecule has 1 saturated carbocycles. The maximum absolute atomic E-state index is 14.1. The summed E-state index contributed by atoms with van der Waals surface area (Å²) in [6.45, 7) is -1.76. The standard InChI is InChI=1S/C21H19ClF6N4O4/c1-20(11-8-29-10-30-9-11,18(34)31-12-6-15(7-12)35-19(24)25)32(17(33)16(22)23)13-2-4-14(5-3-13)36-21(26,27)28/h2-5,8-10,12,15-16,19H,6-7H2,1H3,(H,31,34)/t12?,15?,16-,20+/m0/s1. The summed E-state index contributed by atoms with van der Waals surface area (Å²) in [4.78, 5) is 34.7. The minimum Gasteiger partial charge on any atom is -0.406 e. The second kappa shape index (κ2) is 10.9. The van der Waals surface area contributed by atoms with Crippen molar-refractivity contribution in [1.82, 2.24) is 15.3 Å². The number of carbonyl (C=O) groups is 2. The van der Waals surface area contributed by atoms with Crippen molar-refractivity contribution in [1.29, 1.82) is 0 Å². The molecule has 196 valence electrons. The molecule has 2 aromatic rings. The molecule has 8 nitrogen and oxygen atoms in total. The molecule has 0 bridgehead atoms. The van der Waals surface area contributed by atoms with Gasteiger partial charge in [0.1, 0.15) is 12.1 Å². The Bertz CT molecular complexity index is 1050. The number of benzene rings is 1. The highest BCUT2D eigenvalue weighted by molar-refractivity contribution is 6.32. The minimum absolute atomic E-state index is 0.00323. The molecule has 36 heavy (non-hydrogen) atoms. The number of alkyl halides is 7. The zero-order valence-electron chi connectivity index (χ0n) is 18.4. The van der Waals surface area contributed by atoms with Crippen molar-refractivity contribution in [2.45, 2.75) is 56.1 Å². The Balaban J connectivity index is 1.99. The smallest absolute Gasteiger partial charge is 0.406 e. The molecule has 1 heterocycles. The summed E-state index contributed by atoms with van der Waals surface area (Å²) in [5.41, 5.74) is -4.91. The van der Waals surface area contributed by atoms with Crippen molar-refractivity contribution in [2.75, 3.05) is 4.90 Å². The monoisotopic (exact) mass is 540 g/mol. The van der Waals surface area contributed by atoms with Crippen LogP contribution >= 0.6 is 11.6 Å². The SMILES string of the molecule is C[C@](C(=O)NC1CC(OC(F)F)C1)(c1cncnc1)N(C(=O)[C@H](F)Cl)c1ccc(OC(F)(F)F)cc1. The summed E-state index contributed by atoms with van der Waals surface area (Å²) in [5, 5.41) is 2.59. The van der Waals surface area contributed by atoms with Crippen molar-refractivity contribution in [3.8, 4) is 5.75 Å². The summed E-state index contributed by atoms with van der Waals surface area (Å²) < 4.78 is 84.7. The van der Waals surface area contributed by atoms with Crippen LogP contribution in [0.5, 0.6) is 5.75 Å². The third-order valence-electron chi connectivity index (χ3n) is 5.47. The van der Waals surface area contributed by atoms with E-state index in [1.807, 2.05) is 0 Å². The molecular formula is C21H19ClF6N4O4. The first kappa shape index (κ1) is 27.5. The third-order valence-corrected chi connectivity index (χ3v) is 5.66. The number of nitrogens with one attached hydrogen (secondary N) is 1. The van der Waals surface area contributed by atoms with Crippen LogP contribution in [0.15, 0.2) is 43.0 Å². The van der Waals surface area contributed by atoms with Crippen LogP contribution in [-0.4, -0.2) is 52.5 Å². The summed E-state index contributed by atoms with van der Waals surface area (Å²) in [6, 6.07) is 3.12. The Kier molecular flexibility index (Phi) is 8.29. The van der Waals surface area contributed by atoms with E-state index in [0.717, 1.165) is 30.6 Å². The zero-order chi connectivity index (χ0) is 26.7. The molecule has 0 saturated heterocycles. The molecule has 15 heteroatoms. The van der Waals surface area contributed by atoms with Crippen LogP contribution in [0.2, 0.25) is 0 Å². The number of ether oxygens (including phenoxy) is 2. The molecule has 1 aromatic heterocycles. The summed E-state index contributed by atoms with van der Waals surface area (Å²) in [7, 11) is 0. The van der Waals surface area contributed by atoms with Gasteiger partial charge >= 0.3 is 13.0 Å². The number of halogens is 7. The molecule has 0 spiro atoms. The largest absolute Gasteiger partial charge is 0.573 e. The van der Waals surface area contributed by atoms with E-state index in [4.69, 9.17) is 11.6 Å². The molecule has 2 amide bonds. The molecule has 2 atom stereocenters. The molecule has 0 unspecified atom stereocenters. The van der Waals surface area contributed by atoms with Crippen LogP contribution in [0, 0.1) is 0 Å². The number of carbonyl (C=O) groups excluding carboxylic acids is 2. The van der Waals surface area contributed by atoms with Crippen LogP contribution in [0.25, 0.3) is 0 Å². The van der Waals surface area contributed by atoms with E-state index in [9.17, 15) is 35.9 Å². The van der Waals surface area contributed by atoms with Gasteiger partial charge in [0.05, 0.1) is 6.10 Å². The third kappa shape index (κ3) is 6.35. The quantitative estimate of drug-likeness (QED) is 0.381. The summed E-state index contributed by atoms with van der Waals surface area (Å²) in [6.07, 6.45) is -2.18. The Morgan fingerprint density at radius 2 is 1.69 bits per heavy atom. The van der Waals surface area contributed by atoms with Crippen LogP contribution in [0.3, 0.4) is 0 Å². The van der Waals surface area contributed by atoms with Crippen molar-refractivity contribution < 1.29 is 45.4 Å². The fraction of sp³-hybridized carbons (Fsp3) is 0.429. The topological polar surface area (TPSA) is 93.6 Å². The maximum atomic E-state index is 14.1. The lowest BCUT2D eigenvalue weighted by Gasteiger charge is -2.43. The summed E-state index contributed by atoms with van der Waals surface area (Å²) in [5.74, 6) is -2.91. The van der Waals surface area contributed by atoms with Gasteiger partial charge in [-0.25, -0.2) is 14.4 Å². The van der Waals surface area contributed by atoms with Gasteiger partial charge in [-0.15, -0.1) is 13.2 Å². The van der Waals surface area contributed by atoms with Gasteiger partial charge in [-0.1, -0.05) is 11.6 Å². The Morgan fingerprint density at radius 3 is 2.19 bits per heavy atom. The molecule has 0 radical (unpaired) electrons. The normalized spacial score (nSPS) is 20.1. The first-order valence-corrected chi connectivity index (χ1v) is 10.7. The Labute approximate surface area is 205 Å². The average molecular weight is 541 g/mol. The molecular weight excluding hydrogens is 522 g/mol. The minimum atomic E-state index is -4.98. The summed E-state index contributed by atoms with van der Waals surface area (Å²) >= 11 is 5.42. The van der Waals surface area contributed by atoms with E-state index in [0.29, 0.717) is 4.90 Å².